The van der Waals surface area contributed by atoms with Crippen LogP contribution in [0, 0.1) is 5.41 Å². The highest BCUT2D eigenvalue weighted by molar-refractivity contribution is 5.94. The van der Waals surface area contributed by atoms with Crippen LogP contribution >= 0.6 is 0 Å². The molecule has 0 fully saturated rings. The normalized spacial score (nSPS) is 11.1. The second kappa shape index (κ2) is 4.27. The molecule has 0 aliphatic rings. The lowest BCUT2D eigenvalue weighted by Crippen LogP contribution is -2.32. The number of benzene rings is 1. The molecular formula is C12H17NO. The minimum Gasteiger partial charge on any atom is -0.352 e. The largest absolute Gasteiger partial charge is 0.352 e. The van der Waals surface area contributed by atoms with Crippen LogP contribution in [0.2, 0.25) is 0 Å². The highest BCUT2D eigenvalue weighted by atomic mass is 16.1. The molecule has 1 rings (SSSR count). The van der Waals surface area contributed by atoms with Crippen molar-refractivity contribution in [2.45, 2.75) is 20.8 Å². The maximum Gasteiger partial charge on any atom is 0.251 e. The topological polar surface area (TPSA) is 29.1 Å². The highest BCUT2D eigenvalue weighted by Gasteiger charge is 2.12. The molecule has 0 radical (unpaired) electrons. The molecule has 2 nitrogen and oxygen atoms in total. The number of carbonyl (C=O) groups is 1. The summed E-state index contributed by atoms with van der Waals surface area (Å²) in [5, 5.41) is 2.90. The Morgan fingerprint density at radius 3 is 2.29 bits per heavy atom. The van der Waals surface area contributed by atoms with Gasteiger partial charge in [-0.15, -0.1) is 0 Å². The van der Waals surface area contributed by atoms with Gasteiger partial charge >= 0.3 is 0 Å². The molecule has 0 unspecified atom stereocenters. The van der Waals surface area contributed by atoms with Crippen molar-refractivity contribution in [1.82, 2.24) is 5.32 Å². The van der Waals surface area contributed by atoms with Crippen LogP contribution in [-0.2, 0) is 0 Å². The van der Waals surface area contributed by atoms with Crippen molar-refractivity contribution >= 4 is 5.91 Å². The summed E-state index contributed by atoms with van der Waals surface area (Å²) in [7, 11) is 0. The average molecular weight is 191 g/mol. The SMILES string of the molecule is CC(C)(C)CNC(=O)c1ccccc1. The maximum absolute atomic E-state index is 11.6. The third-order valence-electron chi connectivity index (χ3n) is 1.82. The first-order valence-electron chi connectivity index (χ1n) is 4.82. The predicted molar refractivity (Wildman–Crippen MR) is 58.2 cm³/mol. The van der Waals surface area contributed by atoms with Gasteiger partial charge in [-0.3, -0.25) is 4.79 Å². The molecule has 0 aliphatic carbocycles. The van der Waals surface area contributed by atoms with E-state index in [0.29, 0.717) is 6.54 Å². The molecule has 0 bridgehead atoms. The zero-order valence-electron chi connectivity index (χ0n) is 9.00. The number of nitrogens with one attached hydrogen (secondary N) is 1. The summed E-state index contributed by atoms with van der Waals surface area (Å²) in [6.07, 6.45) is 0. The summed E-state index contributed by atoms with van der Waals surface area (Å²) in [4.78, 5) is 11.6. The fourth-order valence-corrected chi connectivity index (χ4v) is 1.04. The van der Waals surface area contributed by atoms with Gasteiger partial charge in [0.15, 0.2) is 0 Å². The van der Waals surface area contributed by atoms with Gasteiger partial charge in [-0.05, 0) is 17.5 Å². The molecule has 1 amide bonds. The number of carbonyl (C=O) groups excluding carboxylic acids is 1. The molecule has 0 aromatic heterocycles. The van der Waals surface area contributed by atoms with Crippen molar-refractivity contribution in [3.8, 4) is 0 Å². The summed E-state index contributed by atoms with van der Waals surface area (Å²) in [5.41, 5.74) is 0.849. The fraction of sp³-hybridized carbons (Fsp3) is 0.417. The molecule has 14 heavy (non-hydrogen) atoms. The minimum absolute atomic E-state index is 0.000486. The van der Waals surface area contributed by atoms with Crippen LogP contribution in [0.25, 0.3) is 0 Å². The molecule has 76 valence electrons. The quantitative estimate of drug-likeness (QED) is 0.764. The standard InChI is InChI=1S/C12H17NO/c1-12(2,3)9-13-11(14)10-7-5-4-6-8-10/h4-8H,9H2,1-3H3,(H,13,14). The predicted octanol–water partition coefficient (Wildman–Crippen LogP) is 2.46. The Kier molecular flexibility index (Phi) is 3.28. The monoisotopic (exact) mass is 191 g/mol. The second-order valence-corrected chi connectivity index (χ2v) is 4.61. The molecule has 2 heteroatoms. The third-order valence-corrected chi connectivity index (χ3v) is 1.82. The Balaban J connectivity index is 2.52. The lowest BCUT2D eigenvalue weighted by molar-refractivity contribution is 0.0939. The maximum atomic E-state index is 11.6. The van der Waals surface area contributed by atoms with Crippen LogP contribution in [-0.4, -0.2) is 12.5 Å². The van der Waals surface area contributed by atoms with Gasteiger partial charge in [-0.2, -0.15) is 0 Å². The van der Waals surface area contributed by atoms with Crippen LogP contribution in [0.5, 0.6) is 0 Å². The molecular weight excluding hydrogens is 174 g/mol. The van der Waals surface area contributed by atoms with Gasteiger partial charge in [-0.25, -0.2) is 0 Å². The number of hydrogen-bond acceptors (Lipinski definition) is 1. The van der Waals surface area contributed by atoms with Crippen LogP contribution in [0.15, 0.2) is 30.3 Å². The molecule has 0 spiro atoms. The molecule has 0 saturated carbocycles. The lowest BCUT2D eigenvalue weighted by Gasteiger charge is -2.18. The van der Waals surface area contributed by atoms with Crippen LogP contribution in [0.1, 0.15) is 31.1 Å². The Hall–Kier alpha value is -1.31. The summed E-state index contributed by atoms with van der Waals surface area (Å²) in [6.45, 7) is 6.98. The Morgan fingerprint density at radius 2 is 1.79 bits per heavy atom. The van der Waals surface area contributed by atoms with Gasteiger partial charge < -0.3 is 5.32 Å². The third kappa shape index (κ3) is 3.60. The molecule has 1 aromatic rings. The van der Waals surface area contributed by atoms with Gasteiger partial charge in [0.2, 0.25) is 0 Å². The van der Waals surface area contributed by atoms with Crippen molar-refractivity contribution in [1.29, 1.82) is 0 Å². The highest BCUT2D eigenvalue weighted by Crippen LogP contribution is 2.10. The van der Waals surface area contributed by atoms with Gasteiger partial charge in [0.1, 0.15) is 0 Å². The van der Waals surface area contributed by atoms with Crippen molar-refractivity contribution < 1.29 is 4.79 Å². The first-order valence-corrected chi connectivity index (χ1v) is 4.82. The Bertz CT molecular complexity index is 298. The minimum atomic E-state index is 0.000486. The van der Waals surface area contributed by atoms with Crippen molar-refractivity contribution in [3.05, 3.63) is 35.9 Å². The lowest BCUT2D eigenvalue weighted by atomic mass is 9.97. The van der Waals surface area contributed by atoms with E-state index < -0.39 is 0 Å². The van der Waals surface area contributed by atoms with E-state index in [2.05, 4.69) is 26.1 Å². The zero-order valence-corrected chi connectivity index (χ0v) is 9.00. The molecule has 0 heterocycles. The van der Waals surface area contributed by atoms with E-state index in [1.165, 1.54) is 0 Å². The van der Waals surface area contributed by atoms with E-state index in [0.717, 1.165) is 5.56 Å². The van der Waals surface area contributed by atoms with Crippen LogP contribution < -0.4 is 5.32 Å². The molecule has 0 aliphatic heterocycles. The number of amides is 1. The first kappa shape index (κ1) is 10.8. The summed E-state index contributed by atoms with van der Waals surface area (Å²) < 4.78 is 0. The van der Waals surface area contributed by atoms with Crippen molar-refractivity contribution in [2.75, 3.05) is 6.54 Å². The van der Waals surface area contributed by atoms with Crippen molar-refractivity contribution in [3.63, 3.8) is 0 Å². The van der Waals surface area contributed by atoms with Gasteiger partial charge in [0.05, 0.1) is 0 Å². The summed E-state index contributed by atoms with van der Waals surface area (Å²) in [5.74, 6) is 0.000486. The first-order chi connectivity index (χ1) is 6.49. The van der Waals surface area contributed by atoms with Crippen LogP contribution in [0.4, 0.5) is 0 Å². The van der Waals surface area contributed by atoms with Gasteiger partial charge in [-0.1, -0.05) is 39.0 Å². The summed E-state index contributed by atoms with van der Waals surface area (Å²) >= 11 is 0. The van der Waals surface area contributed by atoms with E-state index in [-0.39, 0.29) is 11.3 Å². The molecule has 0 atom stereocenters. The fourth-order valence-electron chi connectivity index (χ4n) is 1.04. The number of hydrogen-bond donors (Lipinski definition) is 1. The number of rotatable bonds is 2. The smallest absolute Gasteiger partial charge is 0.251 e. The van der Waals surface area contributed by atoms with E-state index in [1.807, 2.05) is 30.3 Å². The molecule has 0 saturated heterocycles. The molecule has 1 aromatic carbocycles. The van der Waals surface area contributed by atoms with E-state index in [4.69, 9.17) is 0 Å². The van der Waals surface area contributed by atoms with Crippen molar-refractivity contribution in [2.24, 2.45) is 5.41 Å². The second-order valence-electron chi connectivity index (χ2n) is 4.61. The van der Waals surface area contributed by atoms with Crippen LogP contribution in [0.3, 0.4) is 0 Å². The molecule has 1 N–H and O–H groups in total. The van der Waals surface area contributed by atoms with E-state index in [9.17, 15) is 4.79 Å². The summed E-state index contributed by atoms with van der Waals surface area (Å²) in [6, 6.07) is 9.27. The van der Waals surface area contributed by atoms with Gasteiger partial charge in [0.25, 0.3) is 5.91 Å². The van der Waals surface area contributed by atoms with E-state index >= 15 is 0 Å². The van der Waals surface area contributed by atoms with Gasteiger partial charge in [0, 0.05) is 12.1 Å². The zero-order chi connectivity index (χ0) is 10.6. The average Bonchev–Trinajstić information content (AvgIpc) is 2.14. The Labute approximate surface area is 85.3 Å². The Morgan fingerprint density at radius 1 is 1.21 bits per heavy atom. The van der Waals surface area contributed by atoms with E-state index in [1.54, 1.807) is 0 Å².